The maximum absolute atomic E-state index is 6.41. The predicted octanol–water partition coefficient (Wildman–Crippen LogP) is 3.53. The van der Waals surface area contributed by atoms with E-state index in [0.29, 0.717) is 0 Å². The number of hydrogen-bond donors (Lipinski definition) is 1. The van der Waals surface area contributed by atoms with Crippen molar-refractivity contribution in [1.82, 2.24) is 9.38 Å². The Labute approximate surface area is 127 Å². The molecule has 21 heavy (non-hydrogen) atoms. The molecule has 0 spiro atoms. The molecule has 5 heteroatoms. The van der Waals surface area contributed by atoms with Crippen molar-refractivity contribution in [2.75, 3.05) is 12.8 Å². The normalized spacial score (nSPS) is 14.3. The summed E-state index contributed by atoms with van der Waals surface area (Å²) in [5.41, 5.74) is 9.55. The summed E-state index contributed by atoms with van der Waals surface area (Å²) in [4.78, 5) is 7.22. The number of aryl methyl sites for hydroxylation is 2. The highest BCUT2D eigenvalue weighted by molar-refractivity contribution is 7.17. The lowest BCUT2D eigenvalue weighted by Gasteiger charge is -2.11. The van der Waals surface area contributed by atoms with E-state index in [-0.39, 0.29) is 0 Å². The third-order valence-corrected chi connectivity index (χ3v) is 5.26. The zero-order valence-electron chi connectivity index (χ0n) is 11.9. The molecule has 0 fully saturated rings. The first-order valence-electron chi connectivity index (χ1n) is 7.21. The van der Waals surface area contributed by atoms with Gasteiger partial charge in [-0.15, -0.1) is 11.3 Å². The number of benzene rings is 1. The first-order valence-corrected chi connectivity index (χ1v) is 8.03. The molecule has 4 nitrogen and oxygen atoms in total. The zero-order valence-corrected chi connectivity index (χ0v) is 12.7. The molecule has 1 aromatic carbocycles. The van der Waals surface area contributed by atoms with E-state index in [2.05, 4.69) is 4.40 Å². The fraction of sp³-hybridized carbons (Fsp3) is 0.312. The van der Waals surface area contributed by atoms with Gasteiger partial charge in [-0.2, -0.15) is 0 Å². The maximum Gasteiger partial charge on any atom is 0.196 e. The Morgan fingerprint density at radius 3 is 2.90 bits per heavy atom. The fourth-order valence-corrected chi connectivity index (χ4v) is 4.31. The molecule has 0 saturated heterocycles. The Morgan fingerprint density at radius 2 is 2.05 bits per heavy atom. The Kier molecular flexibility index (Phi) is 2.89. The highest BCUT2D eigenvalue weighted by Crippen LogP contribution is 2.38. The van der Waals surface area contributed by atoms with E-state index in [4.69, 9.17) is 15.5 Å². The Hall–Kier alpha value is -2.01. The third-order valence-electron chi connectivity index (χ3n) is 4.12. The van der Waals surface area contributed by atoms with Gasteiger partial charge in [0.15, 0.2) is 4.96 Å². The van der Waals surface area contributed by atoms with E-state index in [1.165, 1.54) is 23.4 Å². The van der Waals surface area contributed by atoms with Gasteiger partial charge in [-0.05, 0) is 37.8 Å². The number of imidazole rings is 1. The number of hydrogen-bond acceptors (Lipinski definition) is 4. The number of para-hydroxylation sites is 1. The molecule has 1 aliphatic carbocycles. The minimum absolute atomic E-state index is 0.730. The highest BCUT2D eigenvalue weighted by Gasteiger charge is 2.22. The molecular weight excluding hydrogens is 282 g/mol. The Balaban J connectivity index is 1.95. The second-order valence-electron chi connectivity index (χ2n) is 5.34. The minimum Gasteiger partial charge on any atom is -0.496 e. The van der Waals surface area contributed by atoms with Gasteiger partial charge < -0.3 is 10.5 Å². The van der Waals surface area contributed by atoms with Crippen molar-refractivity contribution in [2.45, 2.75) is 25.7 Å². The quantitative estimate of drug-likeness (QED) is 0.787. The van der Waals surface area contributed by atoms with Crippen LogP contribution in [0.25, 0.3) is 16.2 Å². The van der Waals surface area contributed by atoms with Crippen LogP contribution in [0.5, 0.6) is 5.75 Å². The van der Waals surface area contributed by atoms with Crippen molar-refractivity contribution in [2.24, 2.45) is 0 Å². The summed E-state index contributed by atoms with van der Waals surface area (Å²) in [5.74, 6) is 1.54. The molecule has 0 aliphatic heterocycles. The van der Waals surface area contributed by atoms with Gasteiger partial charge in [-0.1, -0.05) is 12.1 Å². The first kappa shape index (κ1) is 12.7. The largest absolute Gasteiger partial charge is 0.496 e. The monoisotopic (exact) mass is 299 g/mol. The number of ether oxygens (including phenoxy) is 1. The number of rotatable bonds is 2. The van der Waals surface area contributed by atoms with E-state index < -0.39 is 0 Å². The Bertz CT molecular complexity index is 818. The molecule has 2 N–H and O–H groups in total. The average molecular weight is 299 g/mol. The summed E-state index contributed by atoms with van der Waals surface area (Å²) in [6, 6.07) is 7.89. The van der Waals surface area contributed by atoms with E-state index in [1.807, 2.05) is 24.3 Å². The predicted molar refractivity (Wildman–Crippen MR) is 86.1 cm³/mol. The van der Waals surface area contributed by atoms with Gasteiger partial charge in [0.25, 0.3) is 0 Å². The second kappa shape index (κ2) is 4.77. The lowest BCUT2D eigenvalue weighted by Crippen LogP contribution is -2.05. The maximum atomic E-state index is 6.41. The fourth-order valence-electron chi connectivity index (χ4n) is 3.10. The molecule has 108 valence electrons. The number of nitrogens with two attached hydrogens (primary N) is 1. The smallest absolute Gasteiger partial charge is 0.196 e. The molecule has 4 rings (SSSR count). The summed E-state index contributed by atoms with van der Waals surface area (Å²) in [6.07, 6.45) is 4.77. The van der Waals surface area contributed by atoms with Crippen LogP contribution >= 0.6 is 11.3 Å². The number of anilines is 1. The molecule has 0 unspecified atom stereocenters. The summed E-state index contributed by atoms with van der Waals surface area (Å²) in [6.45, 7) is 0. The summed E-state index contributed by atoms with van der Waals surface area (Å²) >= 11 is 1.77. The molecule has 0 saturated carbocycles. The molecule has 1 aliphatic rings. The second-order valence-corrected chi connectivity index (χ2v) is 6.41. The van der Waals surface area contributed by atoms with Crippen LogP contribution in [0.1, 0.15) is 23.4 Å². The number of thiazole rings is 1. The van der Waals surface area contributed by atoms with Crippen molar-refractivity contribution in [1.29, 1.82) is 0 Å². The van der Waals surface area contributed by atoms with Crippen LogP contribution in [0, 0.1) is 0 Å². The van der Waals surface area contributed by atoms with Gasteiger partial charge in [0.1, 0.15) is 17.3 Å². The van der Waals surface area contributed by atoms with Crippen LogP contribution in [0.15, 0.2) is 24.3 Å². The first-order chi connectivity index (χ1) is 10.3. The lowest BCUT2D eigenvalue weighted by molar-refractivity contribution is 0.416. The number of methoxy groups -OCH3 is 1. The van der Waals surface area contributed by atoms with Crippen molar-refractivity contribution in [3.63, 3.8) is 0 Å². The molecule has 3 aromatic rings. The molecule has 0 radical (unpaired) electrons. The Morgan fingerprint density at radius 1 is 1.24 bits per heavy atom. The number of fused-ring (bicyclic) bond motifs is 3. The van der Waals surface area contributed by atoms with Crippen molar-refractivity contribution in [3.8, 4) is 17.0 Å². The standard InChI is InChI=1S/C16H17N3OS/c1-20-12-8-4-2-6-10(12)14-15(17)19-11-7-3-5-9-13(11)21-16(19)18-14/h2,4,6,8H,3,5,7,9,17H2,1H3. The minimum atomic E-state index is 0.730. The molecule has 0 amide bonds. The van der Waals surface area contributed by atoms with Gasteiger partial charge in [0.05, 0.1) is 7.11 Å². The summed E-state index contributed by atoms with van der Waals surface area (Å²) in [5, 5.41) is 0. The van der Waals surface area contributed by atoms with Crippen molar-refractivity contribution >= 4 is 22.1 Å². The van der Waals surface area contributed by atoms with Gasteiger partial charge in [-0.25, -0.2) is 4.98 Å². The third kappa shape index (κ3) is 1.84. The number of nitrogen functional groups attached to an aromatic ring is 1. The van der Waals surface area contributed by atoms with Crippen LogP contribution in [0.4, 0.5) is 5.82 Å². The van der Waals surface area contributed by atoms with E-state index in [9.17, 15) is 0 Å². The molecule has 2 aromatic heterocycles. The number of aromatic nitrogens is 2. The molecule has 0 bridgehead atoms. The van der Waals surface area contributed by atoms with Crippen LogP contribution in [-0.4, -0.2) is 16.5 Å². The van der Waals surface area contributed by atoms with E-state index in [1.54, 1.807) is 18.4 Å². The van der Waals surface area contributed by atoms with Crippen molar-refractivity contribution < 1.29 is 4.74 Å². The molecule has 0 atom stereocenters. The molecule has 2 heterocycles. The van der Waals surface area contributed by atoms with E-state index in [0.717, 1.165) is 40.6 Å². The van der Waals surface area contributed by atoms with Gasteiger partial charge >= 0.3 is 0 Å². The van der Waals surface area contributed by atoms with Crippen LogP contribution in [0.3, 0.4) is 0 Å². The van der Waals surface area contributed by atoms with Gasteiger partial charge in [0, 0.05) is 16.1 Å². The van der Waals surface area contributed by atoms with Crippen molar-refractivity contribution in [3.05, 3.63) is 34.8 Å². The highest BCUT2D eigenvalue weighted by atomic mass is 32.1. The zero-order chi connectivity index (χ0) is 14.4. The van der Waals surface area contributed by atoms with Gasteiger partial charge in [-0.3, -0.25) is 4.40 Å². The molecular formula is C16H17N3OS. The summed E-state index contributed by atoms with van der Waals surface area (Å²) in [7, 11) is 1.68. The van der Waals surface area contributed by atoms with E-state index >= 15 is 0 Å². The lowest BCUT2D eigenvalue weighted by atomic mass is 10.0. The summed E-state index contributed by atoms with van der Waals surface area (Å²) < 4.78 is 7.58. The topological polar surface area (TPSA) is 52.5 Å². The van der Waals surface area contributed by atoms with Crippen LogP contribution in [0.2, 0.25) is 0 Å². The van der Waals surface area contributed by atoms with Crippen LogP contribution < -0.4 is 10.5 Å². The number of nitrogens with zero attached hydrogens (tertiary/aromatic N) is 2. The average Bonchev–Trinajstić information content (AvgIpc) is 3.04. The van der Waals surface area contributed by atoms with Gasteiger partial charge in [0.2, 0.25) is 0 Å². The van der Waals surface area contributed by atoms with Crippen LogP contribution in [-0.2, 0) is 12.8 Å². The SMILES string of the molecule is COc1ccccc1-c1nc2sc3c(n2c1N)CCCC3.